The fraction of sp³-hybridized carbons (Fsp3) is 0.125. The van der Waals surface area contributed by atoms with Crippen LogP contribution >= 0.6 is 22.6 Å². The minimum atomic E-state index is 0.0349. The molecule has 0 aliphatic rings. The van der Waals surface area contributed by atoms with Gasteiger partial charge >= 0.3 is 0 Å². The zero-order valence-electron chi connectivity index (χ0n) is 6.12. The lowest BCUT2D eigenvalue weighted by Gasteiger charge is -1.92. The van der Waals surface area contributed by atoms with Gasteiger partial charge in [0.25, 0.3) is 3.90 Å². The highest BCUT2D eigenvalue weighted by atomic mass is 127. The molecule has 2 rings (SSSR count). The molecule has 0 aliphatic heterocycles. The van der Waals surface area contributed by atoms with Gasteiger partial charge in [0.05, 0.1) is 6.61 Å². The second-order valence-electron chi connectivity index (χ2n) is 2.43. The average Bonchev–Trinajstić information content (AvgIpc) is 2.43. The Morgan fingerprint density at radius 2 is 2.33 bits per heavy atom. The van der Waals surface area contributed by atoms with Crippen molar-refractivity contribution in [3.8, 4) is 0 Å². The lowest BCUT2D eigenvalue weighted by Crippen LogP contribution is -1.80. The molecule has 2 aromatic rings. The number of rotatable bonds is 1. The third-order valence-electron chi connectivity index (χ3n) is 1.61. The van der Waals surface area contributed by atoms with Gasteiger partial charge in [-0.1, -0.05) is 6.07 Å². The first-order valence-electron chi connectivity index (χ1n) is 3.45. The number of hydrogen-bond donors (Lipinski definition) is 1. The number of oxazole rings is 1. The van der Waals surface area contributed by atoms with E-state index in [0.717, 1.165) is 16.7 Å². The first kappa shape index (κ1) is 8.00. The Labute approximate surface area is 82.5 Å². The molecule has 0 fully saturated rings. The summed E-state index contributed by atoms with van der Waals surface area (Å²) >= 11 is 2.02. The van der Waals surface area contributed by atoms with Gasteiger partial charge in [-0.05, 0) is 17.7 Å². The molecule has 1 aromatic carbocycles. The Balaban J connectivity index is 2.66. The van der Waals surface area contributed by atoms with E-state index in [2.05, 4.69) is 4.98 Å². The van der Waals surface area contributed by atoms with Gasteiger partial charge in [-0.3, -0.25) is 0 Å². The first-order valence-corrected chi connectivity index (χ1v) is 4.53. The molecule has 1 heterocycles. The summed E-state index contributed by atoms with van der Waals surface area (Å²) in [6.45, 7) is 0.0349. The second kappa shape index (κ2) is 3.02. The molecule has 4 heteroatoms. The monoisotopic (exact) mass is 275 g/mol. The number of fused-ring (bicyclic) bond motifs is 1. The summed E-state index contributed by atoms with van der Waals surface area (Å²) in [5.74, 6) is 0. The smallest absolute Gasteiger partial charge is 0.258 e. The SMILES string of the molecule is OCc1ccc2nc(I)oc2c1. The number of benzene rings is 1. The van der Waals surface area contributed by atoms with Crippen LogP contribution in [-0.2, 0) is 6.61 Å². The second-order valence-corrected chi connectivity index (χ2v) is 3.35. The molecule has 0 radical (unpaired) electrons. The highest BCUT2D eigenvalue weighted by Crippen LogP contribution is 2.18. The highest BCUT2D eigenvalue weighted by Gasteiger charge is 2.02. The molecule has 0 saturated carbocycles. The average molecular weight is 275 g/mol. The minimum absolute atomic E-state index is 0.0349. The maximum absolute atomic E-state index is 8.84. The number of aliphatic hydroxyl groups is 1. The van der Waals surface area contributed by atoms with E-state index in [9.17, 15) is 0 Å². The molecule has 0 saturated heterocycles. The Bertz CT molecular complexity index is 410. The van der Waals surface area contributed by atoms with Crippen LogP contribution in [-0.4, -0.2) is 10.1 Å². The van der Waals surface area contributed by atoms with Crippen LogP contribution in [0.4, 0.5) is 0 Å². The van der Waals surface area contributed by atoms with E-state index in [1.54, 1.807) is 6.07 Å². The predicted molar refractivity (Wildman–Crippen MR) is 52.6 cm³/mol. The number of hydrogen-bond acceptors (Lipinski definition) is 3. The summed E-state index contributed by atoms with van der Waals surface area (Å²) in [5.41, 5.74) is 2.40. The Morgan fingerprint density at radius 1 is 1.50 bits per heavy atom. The third kappa shape index (κ3) is 1.32. The molecular formula is C8H6INO2. The van der Waals surface area contributed by atoms with Crippen LogP contribution in [0.2, 0.25) is 0 Å². The van der Waals surface area contributed by atoms with Crippen LogP contribution in [0.1, 0.15) is 5.56 Å². The van der Waals surface area contributed by atoms with E-state index in [4.69, 9.17) is 9.52 Å². The molecule has 62 valence electrons. The largest absolute Gasteiger partial charge is 0.432 e. The molecule has 1 N–H and O–H groups in total. The van der Waals surface area contributed by atoms with Crippen LogP contribution in [0, 0.1) is 3.90 Å². The van der Waals surface area contributed by atoms with Crippen molar-refractivity contribution >= 4 is 33.7 Å². The van der Waals surface area contributed by atoms with Crippen LogP contribution < -0.4 is 0 Å². The van der Waals surface area contributed by atoms with Crippen molar-refractivity contribution in [3.63, 3.8) is 0 Å². The minimum Gasteiger partial charge on any atom is -0.432 e. The molecular weight excluding hydrogens is 269 g/mol. The molecule has 0 bridgehead atoms. The maximum atomic E-state index is 8.84. The zero-order valence-corrected chi connectivity index (χ0v) is 8.28. The molecule has 0 unspecified atom stereocenters. The predicted octanol–water partition coefficient (Wildman–Crippen LogP) is 1.92. The van der Waals surface area contributed by atoms with Crippen molar-refractivity contribution in [2.75, 3.05) is 0 Å². The topological polar surface area (TPSA) is 46.3 Å². The quantitative estimate of drug-likeness (QED) is 0.809. The van der Waals surface area contributed by atoms with Crippen LogP contribution in [0.15, 0.2) is 22.6 Å². The molecule has 0 atom stereocenters. The zero-order chi connectivity index (χ0) is 8.55. The molecule has 12 heavy (non-hydrogen) atoms. The number of aromatic nitrogens is 1. The van der Waals surface area contributed by atoms with Gasteiger partial charge in [-0.15, -0.1) is 0 Å². The van der Waals surface area contributed by atoms with Gasteiger partial charge in [0, 0.05) is 22.6 Å². The van der Waals surface area contributed by atoms with Crippen molar-refractivity contribution in [1.82, 2.24) is 4.98 Å². The van der Waals surface area contributed by atoms with E-state index < -0.39 is 0 Å². The molecule has 0 amide bonds. The maximum Gasteiger partial charge on any atom is 0.258 e. The van der Waals surface area contributed by atoms with Crippen LogP contribution in [0.3, 0.4) is 0 Å². The van der Waals surface area contributed by atoms with Crippen molar-refractivity contribution in [2.24, 2.45) is 0 Å². The first-order chi connectivity index (χ1) is 5.79. The molecule has 0 spiro atoms. The summed E-state index contributed by atoms with van der Waals surface area (Å²) in [5, 5.41) is 8.84. The lowest BCUT2D eigenvalue weighted by atomic mass is 10.2. The summed E-state index contributed by atoms with van der Waals surface area (Å²) < 4.78 is 5.90. The fourth-order valence-corrected chi connectivity index (χ4v) is 1.54. The van der Waals surface area contributed by atoms with Crippen molar-refractivity contribution in [2.45, 2.75) is 6.61 Å². The lowest BCUT2D eigenvalue weighted by molar-refractivity contribution is 0.282. The highest BCUT2D eigenvalue weighted by molar-refractivity contribution is 14.1. The van der Waals surface area contributed by atoms with Gasteiger partial charge in [0.15, 0.2) is 5.58 Å². The number of aliphatic hydroxyl groups excluding tert-OH is 1. The van der Waals surface area contributed by atoms with Crippen LogP contribution in [0.25, 0.3) is 11.1 Å². The fourth-order valence-electron chi connectivity index (χ4n) is 1.04. The summed E-state index contributed by atoms with van der Waals surface area (Å²) in [7, 11) is 0. The third-order valence-corrected chi connectivity index (χ3v) is 2.07. The van der Waals surface area contributed by atoms with Gasteiger partial charge in [-0.25, -0.2) is 4.98 Å². The van der Waals surface area contributed by atoms with Gasteiger partial charge < -0.3 is 9.52 Å². The number of nitrogens with zero attached hydrogens (tertiary/aromatic N) is 1. The van der Waals surface area contributed by atoms with Crippen molar-refractivity contribution in [1.29, 1.82) is 0 Å². The Kier molecular flexibility index (Phi) is 2.02. The van der Waals surface area contributed by atoms with E-state index in [1.807, 2.05) is 34.7 Å². The summed E-state index contributed by atoms with van der Waals surface area (Å²) in [4.78, 5) is 4.13. The van der Waals surface area contributed by atoms with E-state index >= 15 is 0 Å². The van der Waals surface area contributed by atoms with Gasteiger partial charge in [0.1, 0.15) is 5.52 Å². The molecule has 3 nitrogen and oxygen atoms in total. The standard InChI is InChI=1S/C8H6INO2/c9-8-10-6-2-1-5(4-11)3-7(6)12-8/h1-3,11H,4H2. The van der Waals surface area contributed by atoms with Gasteiger partial charge in [0.2, 0.25) is 0 Å². The van der Waals surface area contributed by atoms with E-state index in [0.29, 0.717) is 3.90 Å². The normalized spacial score (nSPS) is 10.8. The molecule has 0 aliphatic carbocycles. The van der Waals surface area contributed by atoms with Crippen LogP contribution in [0.5, 0.6) is 0 Å². The van der Waals surface area contributed by atoms with Crippen molar-refractivity contribution in [3.05, 3.63) is 27.7 Å². The Hall–Kier alpha value is -0.620. The Morgan fingerprint density at radius 3 is 3.08 bits per heavy atom. The van der Waals surface area contributed by atoms with E-state index in [-0.39, 0.29) is 6.61 Å². The molecule has 1 aromatic heterocycles. The van der Waals surface area contributed by atoms with Crippen molar-refractivity contribution < 1.29 is 9.52 Å². The van der Waals surface area contributed by atoms with E-state index in [1.165, 1.54) is 0 Å². The number of halogens is 1. The summed E-state index contributed by atoms with van der Waals surface area (Å²) in [6.07, 6.45) is 0. The summed E-state index contributed by atoms with van der Waals surface area (Å²) in [6, 6.07) is 5.47. The van der Waals surface area contributed by atoms with Gasteiger partial charge in [-0.2, -0.15) is 0 Å².